The number of fused-ring (bicyclic) bond motifs is 1. The third-order valence-corrected chi connectivity index (χ3v) is 4.68. The third-order valence-electron chi connectivity index (χ3n) is 3.48. The van der Waals surface area contributed by atoms with Crippen LogP contribution in [0.2, 0.25) is 0 Å². The molecule has 0 aliphatic heterocycles. The maximum atomic E-state index is 12.8. The number of halogens is 4. The maximum absolute atomic E-state index is 12.8. The van der Waals surface area contributed by atoms with Gasteiger partial charge in [-0.15, -0.1) is 0 Å². The monoisotopic (exact) mass is 518 g/mol. The van der Waals surface area contributed by atoms with E-state index in [0.29, 0.717) is 26.9 Å². The van der Waals surface area contributed by atoms with E-state index in [1.807, 2.05) is 13.0 Å². The van der Waals surface area contributed by atoms with Crippen LogP contribution in [0.3, 0.4) is 0 Å². The zero-order valence-electron chi connectivity index (χ0n) is 15.4. The quantitative estimate of drug-likeness (QED) is 0.366. The normalized spacial score (nSPS) is 11.5. The van der Waals surface area contributed by atoms with Crippen molar-refractivity contribution in [1.29, 1.82) is 0 Å². The Hall–Kier alpha value is -1.93. The van der Waals surface area contributed by atoms with E-state index in [9.17, 15) is 13.6 Å². The van der Waals surface area contributed by atoms with Gasteiger partial charge < -0.3 is 13.9 Å². The summed E-state index contributed by atoms with van der Waals surface area (Å²) < 4.78 is 42.2. The highest BCUT2D eigenvalue weighted by molar-refractivity contribution is 9.11. The lowest BCUT2D eigenvalue weighted by Gasteiger charge is -2.14. The Labute approximate surface area is 178 Å². The second-order valence-electron chi connectivity index (χ2n) is 5.75. The first-order valence-electron chi connectivity index (χ1n) is 8.34. The van der Waals surface area contributed by atoms with Gasteiger partial charge in [-0.05, 0) is 89.0 Å². The Morgan fingerprint density at radius 1 is 1.11 bits per heavy atom. The number of ether oxygens (including phenoxy) is 2. The first-order chi connectivity index (χ1) is 13.2. The van der Waals surface area contributed by atoms with E-state index in [0.717, 1.165) is 11.1 Å². The first-order valence-corrected chi connectivity index (χ1v) is 9.93. The lowest BCUT2D eigenvalue weighted by Crippen LogP contribution is -2.26. The van der Waals surface area contributed by atoms with Crippen molar-refractivity contribution in [3.05, 3.63) is 62.7 Å². The molecule has 150 valence electrons. The first kappa shape index (κ1) is 22.4. The Balaban J connectivity index is 0.000000207. The predicted octanol–water partition coefficient (Wildman–Crippen LogP) is 6.56. The van der Waals surface area contributed by atoms with Crippen LogP contribution in [0.5, 0.6) is 5.75 Å². The van der Waals surface area contributed by atoms with Gasteiger partial charge in [-0.25, -0.2) is 13.6 Å². The highest BCUT2D eigenvalue weighted by Crippen LogP contribution is 2.28. The van der Waals surface area contributed by atoms with E-state index in [1.54, 1.807) is 13.8 Å². The number of benzene rings is 2. The minimum absolute atomic E-state index is 0.254. The Kier molecular flexibility index (Phi) is 8.00. The van der Waals surface area contributed by atoms with Crippen molar-refractivity contribution < 1.29 is 27.5 Å². The summed E-state index contributed by atoms with van der Waals surface area (Å²) in [6.07, 6.45) is -0.721. The van der Waals surface area contributed by atoms with Crippen molar-refractivity contribution in [3.8, 4) is 5.75 Å². The molecule has 0 amide bonds. The molecular weight excluding hydrogens is 502 g/mol. The van der Waals surface area contributed by atoms with Gasteiger partial charge in [-0.3, -0.25) is 0 Å². The molecule has 8 heteroatoms. The summed E-state index contributed by atoms with van der Waals surface area (Å²) in [6, 6.07) is 8.64. The lowest BCUT2D eigenvalue weighted by molar-refractivity contribution is -0.150. The number of rotatable bonds is 4. The Morgan fingerprint density at radius 3 is 2.43 bits per heavy atom. The van der Waals surface area contributed by atoms with E-state index >= 15 is 0 Å². The Bertz CT molecular complexity index is 972. The second kappa shape index (κ2) is 10.0. The van der Waals surface area contributed by atoms with Crippen molar-refractivity contribution in [3.63, 3.8) is 0 Å². The van der Waals surface area contributed by atoms with Crippen LogP contribution in [-0.2, 0) is 9.53 Å². The fraction of sp³-hybridized carbons (Fsp3) is 0.250. The summed E-state index contributed by atoms with van der Waals surface area (Å²) in [5, 5.41) is 0.791. The molecule has 0 saturated carbocycles. The molecule has 0 N–H and O–H groups in total. The van der Waals surface area contributed by atoms with Crippen molar-refractivity contribution in [2.75, 3.05) is 6.61 Å². The highest BCUT2D eigenvalue weighted by atomic mass is 79.9. The molecule has 1 unspecified atom stereocenters. The smallest absolute Gasteiger partial charge is 0.347 e. The van der Waals surface area contributed by atoms with Crippen LogP contribution in [0, 0.1) is 18.6 Å². The van der Waals surface area contributed by atoms with Gasteiger partial charge in [0.2, 0.25) is 0 Å². The van der Waals surface area contributed by atoms with Gasteiger partial charge >= 0.3 is 5.97 Å². The van der Waals surface area contributed by atoms with E-state index in [2.05, 4.69) is 31.9 Å². The standard InChI is InChI=1S/C11H12BrFO3.C9H6BrFO/c1-3-15-11(14)7(2)16-10-5-4-8(13)6-9(10)12;1-5-2-6-3-7(11)4-8(10)9(6)12-5/h4-7H,3H2,1-2H3;2-4H,1H3. The minimum Gasteiger partial charge on any atom is -0.478 e. The van der Waals surface area contributed by atoms with Gasteiger partial charge in [0.05, 0.1) is 15.6 Å². The van der Waals surface area contributed by atoms with Gasteiger partial charge in [-0.1, -0.05) is 0 Å². The maximum Gasteiger partial charge on any atom is 0.347 e. The van der Waals surface area contributed by atoms with E-state index < -0.39 is 12.1 Å². The molecular formula is C20H18Br2F2O4. The molecule has 1 heterocycles. The van der Waals surface area contributed by atoms with Crippen LogP contribution >= 0.6 is 31.9 Å². The number of aryl methyl sites for hydroxylation is 1. The molecule has 1 aromatic heterocycles. The zero-order chi connectivity index (χ0) is 20.8. The molecule has 0 bridgehead atoms. The summed E-state index contributed by atoms with van der Waals surface area (Å²) in [5.41, 5.74) is 0.703. The van der Waals surface area contributed by atoms with Gasteiger partial charge in [0.25, 0.3) is 0 Å². The van der Waals surface area contributed by atoms with Crippen LogP contribution in [0.4, 0.5) is 8.78 Å². The van der Waals surface area contributed by atoms with E-state index in [-0.39, 0.29) is 11.6 Å². The van der Waals surface area contributed by atoms with Gasteiger partial charge in [0, 0.05) is 5.39 Å². The highest BCUT2D eigenvalue weighted by Gasteiger charge is 2.17. The molecule has 1 atom stereocenters. The molecule has 3 rings (SSSR count). The molecule has 0 saturated heterocycles. The second-order valence-corrected chi connectivity index (χ2v) is 7.46. The van der Waals surface area contributed by atoms with Gasteiger partial charge in [-0.2, -0.15) is 0 Å². The molecule has 0 aliphatic rings. The molecule has 0 spiro atoms. The number of esters is 1. The number of carbonyl (C=O) groups is 1. The molecule has 0 aliphatic carbocycles. The van der Waals surface area contributed by atoms with Crippen LogP contribution in [-0.4, -0.2) is 18.7 Å². The number of hydrogen-bond donors (Lipinski definition) is 0. The number of hydrogen-bond acceptors (Lipinski definition) is 4. The van der Waals surface area contributed by atoms with Crippen molar-refractivity contribution in [1.82, 2.24) is 0 Å². The molecule has 0 fully saturated rings. The molecule has 4 nitrogen and oxygen atoms in total. The topological polar surface area (TPSA) is 48.7 Å². The number of furan rings is 1. The van der Waals surface area contributed by atoms with Crippen molar-refractivity contribution >= 4 is 48.8 Å². The predicted molar refractivity (Wildman–Crippen MR) is 109 cm³/mol. The SMILES string of the molecule is CCOC(=O)C(C)Oc1ccc(F)cc1Br.Cc1cc2cc(F)cc(Br)c2o1. The molecule has 2 aromatic carbocycles. The Morgan fingerprint density at radius 2 is 1.79 bits per heavy atom. The van der Waals surface area contributed by atoms with Crippen LogP contribution in [0.15, 0.2) is 49.8 Å². The van der Waals surface area contributed by atoms with Gasteiger partial charge in [0.15, 0.2) is 6.10 Å². The van der Waals surface area contributed by atoms with Crippen molar-refractivity contribution in [2.24, 2.45) is 0 Å². The summed E-state index contributed by atoms with van der Waals surface area (Å²) in [7, 11) is 0. The van der Waals surface area contributed by atoms with Crippen LogP contribution < -0.4 is 4.74 Å². The average molecular weight is 520 g/mol. The summed E-state index contributed by atoms with van der Waals surface area (Å²) in [6.45, 7) is 5.44. The van der Waals surface area contributed by atoms with Gasteiger partial charge in [0.1, 0.15) is 28.7 Å². The lowest BCUT2D eigenvalue weighted by atomic mass is 10.2. The summed E-state index contributed by atoms with van der Waals surface area (Å²) in [4.78, 5) is 11.3. The van der Waals surface area contributed by atoms with Crippen molar-refractivity contribution in [2.45, 2.75) is 26.9 Å². The molecule has 3 aromatic rings. The van der Waals surface area contributed by atoms with Crippen LogP contribution in [0.1, 0.15) is 19.6 Å². The molecule has 0 radical (unpaired) electrons. The third kappa shape index (κ3) is 6.04. The molecule has 28 heavy (non-hydrogen) atoms. The fourth-order valence-corrected chi connectivity index (χ4v) is 3.25. The number of carbonyl (C=O) groups excluding carboxylic acids is 1. The minimum atomic E-state index is -0.721. The zero-order valence-corrected chi connectivity index (χ0v) is 18.6. The van der Waals surface area contributed by atoms with E-state index in [1.165, 1.54) is 30.3 Å². The fourth-order valence-electron chi connectivity index (χ4n) is 2.27. The summed E-state index contributed by atoms with van der Waals surface area (Å²) in [5.74, 6) is 0.121. The van der Waals surface area contributed by atoms with E-state index in [4.69, 9.17) is 13.9 Å². The van der Waals surface area contributed by atoms with Crippen LogP contribution in [0.25, 0.3) is 11.0 Å². The average Bonchev–Trinajstić information content (AvgIpc) is 2.98. The largest absolute Gasteiger partial charge is 0.478 e. The summed E-state index contributed by atoms with van der Waals surface area (Å²) >= 11 is 6.37.